The molecule has 1 rings (SSSR count). The standard InChI is InChI=1S/C14H24N2O2/c1-5-18-14-12(7-6-8-13(14)17-4)11-15-9-10-16(2)3/h6-8,15H,5,9-11H2,1-4H3. The molecule has 0 heterocycles. The van der Waals surface area contributed by atoms with Gasteiger partial charge in [0.15, 0.2) is 11.5 Å². The van der Waals surface area contributed by atoms with E-state index in [0.717, 1.165) is 36.7 Å². The Morgan fingerprint density at radius 2 is 2.06 bits per heavy atom. The van der Waals surface area contributed by atoms with Crippen LogP contribution in [-0.2, 0) is 6.54 Å². The lowest BCUT2D eigenvalue weighted by Gasteiger charge is -2.15. The minimum Gasteiger partial charge on any atom is -0.493 e. The van der Waals surface area contributed by atoms with Crippen molar-refractivity contribution in [3.63, 3.8) is 0 Å². The number of rotatable bonds is 8. The largest absolute Gasteiger partial charge is 0.493 e. The summed E-state index contributed by atoms with van der Waals surface area (Å²) in [5.41, 5.74) is 1.13. The van der Waals surface area contributed by atoms with E-state index in [2.05, 4.69) is 30.4 Å². The zero-order valence-electron chi connectivity index (χ0n) is 11.8. The summed E-state index contributed by atoms with van der Waals surface area (Å²) < 4.78 is 11.0. The van der Waals surface area contributed by atoms with Crippen molar-refractivity contribution in [2.45, 2.75) is 13.5 Å². The van der Waals surface area contributed by atoms with Crippen LogP contribution in [0, 0.1) is 0 Å². The number of para-hydroxylation sites is 1. The second-order valence-electron chi connectivity index (χ2n) is 4.36. The minimum absolute atomic E-state index is 0.644. The Labute approximate surface area is 110 Å². The van der Waals surface area contributed by atoms with Crippen LogP contribution in [0.15, 0.2) is 18.2 Å². The highest BCUT2D eigenvalue weighted by molar-refractivity contribution is 5.46. The first-order chi connectivity index (χ1) is 8.69. The van der Waals surface area contributed by atoms with Crippen LogP contribution in [0.4, 0.5) is 0 Å². The maximum absolute atomic E-state index is 5.66. The zero-order chi connectivity index (χ0) is 13.4. The van der Waals surface area contributed by atoms with E-state index in [-0.39, 0.29) is 0 Å². The second-order valence-corrected chi connectivity index (χ2v) is 4.36. The van der Waals surface area contributed by atoms with Crippen molar-refractivity contribution in [3.8, 4) is 11.5 Å². The average Bonchev–Trinajstić information content (AvgIpc) is 2.36. The molecule has 0 fully saturated rings. The smallest absolute Gasteiger partial charge is 0.165 e. The van der Waals surface area contributed by atoms with Gasteiger partial charge in [0.2, 0.25) is 0 Å². The molecule has 18 heavy (non-hydrogen) atoms. The molecule has 0 aliphatic rings. The highest BCUT2D eigenvalue weighted by Crippen LogP contribution is 2.30. The van der Waals surface area contributed by atoms with Gasteiger partial charge in [-0.15, -0.1) is 0 Å². The molecule has 0 unspecified atom stereocenters. The molecule has 0 radical (unpaired) electrons. The summed E-state index contributed by atoms with van der Waals surface area (Å²) in [7, 11) is 5.80. The van der Waals surface area contributed by atoms with Gasteiger partial charge in [0.1, 0.15) is 0 Å². The minimum atomic E-state index is 0.644. The van der Waals surface area contributed by atoms with Gasteiger partial charge in [0.05, 0.1) is 13.7 Å². The lowest BCUT2D eigenvalue weighted by atomic mass is 10.2. The number of likely N-dealkylation sites (N-methyl/N-ethyl adjacent to an activating group) is 1. The van der Waals surface area contributed by atoms with Gasteiger partial charge in [-0.2, -0.15) is 0 Å². The van der Waals surface area contributed by atoms with Crippen molar-refractivity contribution in [1.29, 1.82) is 0 Å². The Balaban J connectivity index is 2.63. The van der Waals surface area contributed by atoms with Crippen LogP contribution in [0.25, 0.3) is 0 Å². The molecule has 1 aromatic rings. The molecular weight excluding hydrogens is 228 g/mol. The first-order valence-corrected chi connectivity index (χ1v) is 6.33. The second kappa shape index (κ2) is 7.95. The summed E-state index contributed by atoms with van der Waals surface area (Å²) in [6, 6.07) is 5.98. The Morgan fingerprint density at radius 3 is 2.67 bits per heavy atom. The van der Waals surface area contributed by atoms with E-state index in [1.807, 2.05) is 19.1 Å². The van der Waals surface area contributed by atoms with Crippen LogP contribution < -0.4 is 14.8 Å². The van der Waals surface area contributed by atoms with Crippen LogP contribution in [-0.4, -0.2) is 45.8 Å². The van der Waals surface area contributed by atoms with Crippen molar-refractivity contribution in [2.75, 3.05) is 40.9 Å². The fraction of sp³-hybridized carbons (Fsp3) is 0.571. The van der Waals surface area contributed by atoms with Gasteiger partial charge in [-0.1, -0.05) is 12.1 Å². The van der Waals surface area contributed by atoms with Gasteiger partial charge in [-0.05, 0) is 27.1 Å². The lowest BCUT2D eigenvalue weighted by molar-refractivity contribution is 0.306. The predicted molar refractivity (Wildman–Crippen MR) is 74.4 cm³/mol. The van der Waals surface area contributed by atoms with E-state index in [9.17, 15) is 0 Å². The number of hydrogen-bond acceptors (Lipinski definition) is 4. The number of nitrogens with zero attached hydrogens (tertiary/aromatic N) is 1. The summed E-state index contributed by atoms with van der Waals surface area (Å²) in [4.78, 5) is 2.15. The molecule has 0 saturated carbocycles. The molecule has 1 aromatic carbocycles. The highest BCUT2D eigenvalue weighted by Gasteiger charge is 2.09. The van der Waals surface area contributed by atoms with Crippen molar-refractivity contribution in [2.24, 2.45) is 0 Å². The molecule has 0 amide bonds. The van der Waals surface area contributed by atoms with E-state index in [1.165, 1.54) is 0 Å². The molecule has 0 aliphatic carbocycles. The van der Waals surface area contributed by atoms with Crippen LogP contribution >= 0.6 is 0 Å². The molecule has 0 saturated heterocycles. The van der Waals surface area contributed by atoms with Crippen LogP contribution in [0.2, 0.25) is 0 Å². The first kappa shape index (κ1) is 14.8. The maximum Gasteiger partial charge on any atom is 0.165 e. The Morgan fingerprint density at radius 1 is 1.28 bits per heavy atom. The Hall–Kier alpha value is -1.26. The Bertz CT molecular complexity index is 354. The van der Waals surface area contributed by atoms with Gasteiger partial charge in [-0.3, -0.25) is 0 Å². The number of hydrogen-bond donors (Lipinski definition) is 1. The monoisotopic (exact) mass is 252 g/mol. The summed E-state index contributed by atoms with van der Waals surface area (Å²) >= 11 is 0. The third-order valence-corrected chi connectivity index (χ3v) is 2.62. The van der Waals surface area contributed by atoms with E-state index >= 15 is 0 Å². The first-order valence-electron chi connectivity index (χ1n) is 6.33. The molecule has 0 atom stereocenters. The fourth-order valence-electron chi connectivity index (χ4n) is 1.70. The number of benzene rings is 1. The molecule has 0 aromatic heterocycles. The van der Waals surface area contributed by atoms with E-state index < -0.39 is 0 Å². The quantitative estimate of drug-likeness (QED) is 0.715. The predicted octanol–water partition coefficient (Wildman–Crippen LogP) is 1.75. The SMILES string of the molecule is CCOc1c(CNCCN(C)C)cccc1OC. The third kappa shape index (κ3) is 4.55. The molecule has 4 nitrogen and oxygen atoms in total. The molecule has 0 spiro atoms. The van der Waals surface area contributed by atoms with Crippen molar-refractivity contribution in [1.82, 2.24) is 10.2 Å². The van der Waals surface area contributed by atoms with Gasteiger partial charge < -0.3 is 19.7 Å². The maximum atomic E-state index is 5.66. The van der Waals surface area contributed by atoms with Gasteiger partial charge >= 0.3 is 0 Å². The van der Waals surface area contributed by atoms with Crippen molar-refractivity contribution >= 4 is 0 Å². The van der Waals surface area contributed by atoms with Crippen molar-refractivity contribution < 1.29 is 9.47 Å². The third-order valence-electron chi connectivity index (χ3n) is 2.62. The summed E-state index contributed by atoms with van der Waals surface area (Å²) in [6.45, 7) is 5.39. The van der Waals surface area contributed by atoms with Crippen LogP contribution in [0.3, 0.4) is 0 Å². The highest BCUT2D eigenvalue weighted by atomic mass is 16.5. The molecule has 4 heteroatoms. The number of ether oxygens (including phenoxy) is 2. The molecule has 1 N–H and O–H groups in total. The van der Waals surface area contributed by atoms with E-state index in [4.69, 9.17) is 9.47 Å². The average molecular weight is 252 g/mol. The molecule has 102 valence electrons. The number of nitrogens with one attached hydrogen (secondary N) is 1. The summed E-state index contributed by atoms with van der Waals surface area (Å²) in [5, 5.41) is 3.41. The lowest BCUT2D eigenvalue weighted by Crippen LogP contribution is -2.26. The molecule has 0 aliphatic heterocycles. The molecular formula is C14H24N2O2. The zero-order valence-corrected chi connectivity index (χ0v) is 11.8. The Kier molecular flexibility index (Phi) is 6.54. The topological polar surface area (TPSA) is 33.7 Å². The van der Waals surface area contributed by atoms with E-state index in [1.54, 1.807) is 7.11 Å². The van der Waals surface area contributed by atoms with Gasteiger partial charge in [0, 0.05) is 25.2 Å². The summed E-state index contributed by atoms with van der Waals surface area (Å²) in [5.74, 6) is 1.64. The van der Waals surface area contributed by atoms with Gasteiger partial charge in [0.25, 0.3) is 0 Å². The number of methoxy groups -OCH3 is 1. The van der Waals surface area contributed by atoms with E-state index in [0.29, 0.717) is 6.61 Å². The van der Waals surface area contributed by atoms with Crippen molar-refractivity contribution in [3.05, 3.63) is 23.8 Å². The normalized spacial score (nSPS) is 10.7. The van der Waals surface area contributed by atoms with Crippen LogP contribution in [0.1, 0.15) is 12.5 Å². The summed E-state index contributed by atoms with van der Waals surface area (Å²) in [6.07, 6.45) is 0. The van der Waals surface area contributed by atoms with Gasteiger partial charge in [-0.25, -0.2) is 0 Å². The fourth-order valence-corrected chi connectivity index (χ4v) is 1.70. The van der Waals surface area contributed by atoms with Crippen LogP contribution in [0.5, 0.6) is 11.5 Å². The molecule has 0 bridgehead atoms.